The van der Waals surface area contributed by atoms with E-state index in [0.29, 0.717) is 21.4 Å². The zero-order valence-electron chi connectivity index (χ0n) is 14.4. The first-order chi connectivity index (χ1) is 12.7. The van der Waals surface area contributed by atoms with Crippen LogP contribution in [0.15, 0.2) is 36.4 Å². The van der Waals surface area contributed by atoms with Crippen molar-refractivity contribution < 1.29 is 19.2 Å². The van der Waals surface area contributed by atoms with Crippen LogP contribution in [0.2, 0.25) is 10.0 Å². The summed E-state index contributed by atoms with van der Waals surface area (Å²) in [5.74, 6) is -1.47. The van der Waals surface area contributed by atoms with Gasteiger partial charge in [0.15, 0.2) is 6.61 Å². The van der Waals surface area contributed by atoms with Crippen LogP contribution >= 0.6 is 23.2 Å². The summed E-state index contributed by atoms with van der Waals surface area (Å²) in [6.07, 6.45) is 0. The smallest absolute Gasteiger partial charge is 0.338 e. The maximum Gasteiger partial charge on any atom is 0.338 e. The highest BCUT2D eigenvalue weighted by Gasteiger charge is 2.20. The summed E-state index contributed by atoms with van der Waals surface area (Å²) in [5, 5.41) is 14.3. The summed E-state index contributed by atoms with van der Waals surface area (Å²) in [6, 6.07) is 8.39. The van der Waals surface area contributed by atoms with E-state index in [1.807, 2.05) is 0 Å². The zero-order valence-corrected chi connectivity index (χ0v) is 15.9. The fraction of sp³-hybridized carbons (Fsp3) is 0.176. The molecule has 0 aliphatic heterocycles. The second-order valence-corrected chi connectivity index (χ2v) is 6.51. The number of nitrogens with one attached hydrogen (secondary N) is 1. The number of hydrogen-bond acceptors (Lipinski definition) is 6. The average Bonchev–Trinajstić information content (AvgIpc) is 2.58. The molecule has 10 heteroatoms. The Labute approximate surface area is 164 Å². The average molecular weight is 412 g/mol. The maximum atomic E-state index is 12.1. The molecule has 2 aromatic rings. The predicted molar refractivity (Wildman–Crippen MR) is 103 cm³/mol. The van der Waals surface area contributed by atoms with Crippen molar-refractivity contribution in [2.24, 2.45) is 0 Å². The van der Waals surface area contributed by atoms with Crippen LogP contribution in [0.3, 0.4) is 0 Å². The van der Waals surface area contributed by atoms with Gasteiger partial charge >= 0.3 is 5.97 Å². The number of anilines is 2. The molecule has 142 valence electrons. The molecule has 0 atom stereocenters. The van der Waals surface area contributed by atoms with Gasteiger partial charge in [0, 0.05) is 35.9 Å². The Bertz CT molecular complexity index is 882. The number of nitro groups is 1. The van der Waals surface area contributed by atoms with Crippen LogP contribution in [-0.4, -0.2) is 37.5 Å². The van der Waals surface area contributed by atoms with Crippen molar-refractivity contribution in [2.45, 2.75) is 0 Å². The number of nitrogens with zero attached hydrogens (tertiary/aromatic N) is 2. The van der Waals surface area contributed by atoms with Crippen LogP contribution in [0, 0.1) is 10.1 Å². The third-order valence-electron chi connectivity index (χ3n) is 3.37. The highest BCUT2D eigenvalue weighted by atomic mass is 35.5. The largest absolute Gasteiger partial charge is 0.452 e. The molecule has 0 saturated carbocycles. The van der Waals surface area contributed by atoms with Crippen LogP contribution in [0.25, 0.3) is 0 Å². The van der Waals surface area contributed by atoms with Crippen molar-refractivity contribution in [2.75, 3.05) is 30.9 Å². The molecule has 8 nitrogen and oxygen atoms in total. The fourth-order valence-electron chi connectivity index (χ4n) is 2.21. The second-order valence-electron chi connectivity index (χ2n) is 5.64. The van der Waals surface area contributed by atoms with E-state index in [1.54, 1.807) is 19.0 Å². The van der Waals surface area contributed by atoms with E-state index < -0.39 is 23.4 Å². The number of benzene rings is 2. The van der Waals surface area contributed by atoms with Gasteiger partial charge in [0.2, 0.25) is 0 Å². The molecule has 0 heterocycles. The highest BCUT2D eigenvalue weighted by Crippen LogP contribution is 2.28. The van der Waals surface area contributed by atoms with Crippen LogP contribution in [0.1, 0.15) is 10.4 Å². The van der Waals surface area contributed by atoms with Gasteiger partial charge in [0.05, 0.1) is 10.5 Å². The lowest BCUT2D eigenvalue weighted by Gasteiger charge is -2.13. The molecule has 0 aromatic heterocycles. The zero-order chi connectivity index (χ0) is 20.1. The van der Waals surface area contributed by atoms with E-state index in [2.05, 4.69) is 5.32 Å². The first kappa shape index (κ1) is 20.5. The molecule has 0 unspecified atom stereocenters. The van der Waals surface area contributed by atoms with Gasteiger partial charge in [-0.05, 0) is 30.3 Å². The van der Waals surface area contributed by atoms with Crippen molar-refractivity contribution in [1.29, 1.82) is 0 Å². The van der Waals surface area contributed by atoms with Crippen molar-refractivity contribution in [1.82, 2.24) is 0 Å². The van der Waals surface area contributed by atoms with E-state index in [1.165, 1.54) is 30.3 Å². The first-order valence-corrected chi connectivity index (χ1v) is 8.32. The van der Waals surface area contributed by atoms with Gasteiger partial charge in [-0.1, -0.05) is 23.2 Å². The number of carbonyl (C=O) groups excluding carboxylic acids is 2. The Morgan fingerprint density at radius 1 is 1.15 bits per heavy atom. The van der Waals surface area contributed by atoms with E-state index in [4.69, 9.17) is 27.9 Å². The van der Waals surface area contributed by atoms with Gasteiger partial charge in [-0.3, -0.25) is 14.9 Å². The van der Waals surface area contributed by atoms with Gasteiger partial charge in [-0.15, -0.1) is 0 Å². The van der Waals surface area contributed by atoms with E-state index in [9.17, 15) is 19.7 Å². The van der Waals surface area contributed by atoms with E-state index >= 15 is 0 Å². The molecule has 0 radical (unpaired) electrons. The third-order valence-corrected chi connectivity index (χ3v) is 3.81. The molecule has 1 amide bonds. The normalized spacial score (nSPS) is 10.2. The number of esters is 1. The summed E-state index contributed by atoms with van der Waals surface area (Å²) in [5.41, 5.74) is 0.407. The van der Waals surface area contributed by atoms with E-state index in [-0.39, 0.29) is 11.3 Å². The van der Waals surface area contributed by atoms with Gasteiger partial charge in [0.25, 0.3) is 11.6 Å². The molecule has 0 aliphatic rings. The summed E-state index contributed by atoms with van der Waals surface area (Å²) in [7, 11) is 3.29. The molecule has 2 rings (SSSR count). The van der Waals surface area contributed by atoms with Crippen molar-refractivity contribution in [3.8, 4) is 0 Å². The van der Waals surface area contributed by atoms with Crippen molar-refractivity contribution >= 4 is 52.1 Å². The van der Waals surface area contributed by atoms with Crippen LogP contribution < -0.4 is 10.2 Å². The predicted octanol–water partition coefficient (Wildman–Crippen LogP) is 3.76. The molecular weight excluding hydrogens is 397 g/mol. The number of hydrogen-bond donors (Lipinski definition) is 1. The third kappa shape index (κ3) is 5.57. The number of nitro benzene ring substituents is 1. The lowest BCUT2D eigenvalue weighted by atomic mass is 10.1. The monoisotopic (exact) mass is 411 g/mol. The standard InChI is InChI=1S/C17H15Cl2N3O5/c1-21(2)14-4-3-10(5-15(14)22(25)26)17(24)27-9-16(23)20-13-7-11(18)6-12(19)8-13/h3-8H,9H2,1-2H3,(H,20,23). The minimum atomic E-state index is -0.859. The van der Waals surface area contributed by atoms with Crippen LogP contribution in [0.4, 0.5) is 17.1 Å². The lowest BCUT2D eigenvalue weighted by molar-refractivity contribution is -0.384. The quantitative estimate of drug-likeness (QED) is 0.440. The van der Waals surface area contributed by atoms with Gasteiger partial charge in [-0.25, -0.2) is 4.79 Å². The Kier molecular flexibility index (Phi) is 6.59. The summed E-state index contributed by atoms with van der Waals surface area (Å²) >= 11 is 11.7. The summed E-state index contributed by atoms with van der Waals surface area (Å²) in [4.78, 5) is 36.1. The molecule has 2 aromatic carbocycles. The number of carbonyl (C=O) groups is 2. The fourth-order valence-corrected chi connectivity index (χ4v) is 2.74. The minimum absolute atomic E-state index is 0.0362. The Morgan fingerprint density at radius 3 is 2.33 bits per heavy atom. The number of rotatable bonds is 6. The second kappa shape index (κ2) is 8.70. The number of ether oxygens (including phenoxy) is 1. The van der Waals surface area contributed by atoms with Crippen LogP contribution in [0.5, 0.6) is 0 Å². The summed E-state index contributed by atoms with van der Waals surface area (Å²) < 4.78 is 4.90. The molecule has 0 fully saturated rings. The van der Waals surface area contributed by atoms with Gasteiger partial charge < -0.3 is 15.0 Å². The molecule has 0 saturated heterocycles. The minimum Gasteiger partial charge on any atom is -0.452 e. The van der Waals surface area contributed by atoms with Crippen molar-refractivity contribution in [3.05, 3.63) is 62.1 Å². The van der Waals surface area contributed by atoms with Gasteiger partial charge in [-0.2, -0.15) is 0 Å². The maximum absolute atomic E-state index is 12.1. The first-order valence-electron chi connectivity index (χ1n) is 7.56. The highest BCUT2D eigenvalue weighted by molar-refractivity contribution is 6.35. The molecule has 27 heavy (non-hydrogen) atoms. The van der Waals surface area contributed by atoms with Gasteiger partial charge in [0.1, 0.15) is 5.69 Å². The Morgan fingerprint density at radius 2 is 1.78 bits per heavy atom. The Balaban J connectivity index is 2.03. The molecule has 0 bridgehead atoms. The molecule has 0 spiro atoms. The summed E-state index contributed by atoms with van der Waals surface area (Å²) in [6.45, 7) is -0.577. The number of halogens is 2. The lowest BCUT2D eigenvalue weighted by Crippen LogP contribution is -2.21. The van der Waals surface area contributed by atoms with E-state index in [0.717, 1.165) is 6.07 Å². The SMILES string of the molecule is CN(C)c1ccc(C(=O)OCC(=O)Nc2cc(Cl)cc(Cl)c2)cc1[N+](=O)[O-]. The molecule has 0 aliphatic carbocycles. The van der Waals surface area contributed by atoms with Crippen LogP contribution in [-0.2, 0) is 9.53 Å². The number of amides is 1. The Hall–Kier alpha value is -2.84. The topological polar surface area (TPSA) is 102 Å². The van der Waals surface area contributed by atoms with Crippen molar-refractivity contribution in [3.63, 3.8) is 0 Å². The molecular formula is C17H15Cl2N3O5. The molecule has 1 N–H and O–H groups in total.